The van der Waals surface area contributed by atoms with Gasteiger partial charge >= 0.3 is 21.7 Å². The SMILES string of the molecule is [Cl-].[Cl-].[F-].[F-].[Ti+2]. The first kappa shape index (κ1) is 123. The van der Waals surface area contributed by atoms with Crippen molar-refractivity contribution in [1.29, 1.82) is 0 Å². The standard InChI is InChI=1S/2ClH.2FH.Ti/h4*1H;/q;;;;+2/p-4. The van der Waals surface area contributed by atoms with Gasteiger partial charge in [0.2, 0.25) is 0 Å². The Morgan fingerprint density at radius 1 is 0.600 bits per heavy atom. The molecular formula is Cl2F2Ti-2. The van der Waals surface area contributed by atoms with Crippen molar-refractivity contribution in [3.63, 3.8) is 0 Å². The summed E-state index contributed by atoms with van der Waals surface area (Å²) in [6.45, 7) is 0. The van der Waals surface area contributed by atoms with Gasteiger partial charge in [-0.2, -0.15) is 0 Å². The zero-order valence-corrected chi connectivity index (χ0v) is 5.09. The van der Waals surface area contributed by atoms with Crippen LogP contribution in [0.25, 0.3) is 0 Å². The quantitative estimate of drug-likeness (QED) is 0.306. The first-order valence-corrected chi connectivity index (χ1v) is 0. The molecule has 0 unspecified atom stereocenters. The van der Waals surface area contributed by atoms with Crippen LogP contribution in [-0.2, 0) is 21.7 Å². The van der Waals surface area contributed by atoms with Gasteiger partial charge in [0.25, 0.3) is 0 Å². The van der Waals surface area contributed by atoms with Gasteiger partial charge in [-0.05, 0) is 0 Å². The topological polar surface area (TPSA) is 0 Å². The van der Waals surface area contributed by atoms with E-state index in [2.05, 4.69) is 0 Å². The molecule has 0 aromatic heterocycles. The van der Waals surface area contributed by atoms with Crippen LogP contribution in [0.4, 0.5) is 0 Å². The Labute approximate surface area is 56.1 Å². The molecular weight excluding hydrogens is 157 g/mol. The number of hydrogen-bond acceptors (Lipinski definition) is 0. The molecule has 0 heterocycles. The van der Waals surface area contributed by atoms with E-state index in [4.69, 9.17) is 0 Å². The third-order valence-corrected chi connectivity index (χ3v) is 0. The van der Waals surface area contributed by atoms with Crippen LogP contribution >= 0.6 is 0 Å². The summed E-state index contributed by atoms with van der Waals surface area (Å²) < 4.78 is 0. The fraction of sp³-hybridized carbons (Fsp3) is 0. The van der Waals surface area contributed by atoms with Crippen molar-refractivity contribution in [2.45, 2.75) is 0 Å². The number of halogens is 4. The van der Waals surface area contributed by atoms with E-state index in [1.165, 1.54) is 0 Å². The second kappa shape index (κ2) is 66.8. The van der Waals surface area contributed by atoms with Crippen LogP contribution in [0.1, 0.15) is 0 Å². The first-order chi connectivity index (χ1) is 0. The Morgan fingerprint density at radius 3 is 0.600 bits per heavy atom. The van der Waals surface area contributed by atoms with Crippen molar-refractivity contribution in [3.8, 4) is 0 Å². The maximum absolute atomic E-state index is 0. The van der Waals surface area contributed by atoms with Gasteiger partial charge in [0.05, 0.1) is 0 Å². The van der Waals surface area contributed by atoms with Crippen LogP contribution < -0.4 is 34.2 Å². The molecule has 0 spiro atoms. The van der Waals surface area contributed by atoms with Crippen molar-refractivity contribution >= 4 is 0 Å². The van der Waals surface area contributed by atoms with Crippen molar-refractivity contribution in [2.24, 2.45) is 0 Å². The van der Waals surface area contributed by atoms with Crippen LogP contribution in [0.15, 0.2) is 0 Å². The molecule has 0 aliphatic rings. The summed E-state index contributed by atoms with van der Waals surface area (Å²) in [5, 5.41) is 0. The average molecular weight is 157 g/mol. The van der Waals surface area contributed by atoms with Gasteiger partial charge in [0, 0.05) is 0 Å². The van der Waals surface area contributed by atoms with E-state index >= 15 is 0 Å². The summed E-state index contributed by atoms with van der Waals surface area (Å²) in [7, 11) is 0. The van der Waals surface area contributed by atoms with Crippen LogP contribution in [0, 0.1) is 0 Å². The maximum atomic E-state index is 0. The molecule has 0 bridgehead atoms. The normalized spacial score (nSPS) is 0. The molecule has 5 heteroatoms. The van der Waals surface area contributed by atoms with E-state index in [9.17, 15) is 0 Å². The van der Waals surface area contributed by atoms with E-state index in [0.717, 1.165) is 0 Å². The molecule has 0 aromatic rings. The molecule has 0 nitrogen and oxygen atoms in total. The first-order valence-electron chi connectivity index (χ1n) is 0. The molecule has 0 atom stereocenters. The zero-order valence-electron chi connectivity index (χ0n) is 2.01. The third-order valence-electron chi connectivity index (χ3n) is 0. The van der Waals surface area contributed by atoms with Gasteiger partial charge in [0.15, 0.2) is 0 Å². The Kier molecular flexibility index (Phi) is 1640. The van der Waals surface area contributed by atoms with Crippen LogP contribution in [-0.4, -0.2) is 0 Å². The average Bonchev–Trinajstić information content (AvgIpc) is 0. The van der Waals surface area contributed by atoms with Crippen LogP contribution in [0.3, 0.4) is 0 Å². The molecule has 0 aliphatic heterocycles. The minimum Gasteiger partial charge on any atom is -1.00 e. The number of hydrogen-bond donors (Lipinski definition) is 0. The zero-order chi connectivity index (χ0) is 0. The molecule has 0 aromatic carbocycles. The summed E-state index contributed by atoms with van der Waals surface area (Å²) in [5.74, 6) is 0. The van der Waals surface area contributed by atoms with Crippen molar-refractivity contribution < 1.29 is 55.9 Å². The molecule has 5 heavy (non-hydrogen) atoms. The van der Waals surface area contributed by atoms with Crippen LogP contribution in [0.5, 0.6) is 0 Å². The molecule has 0 rings (SSSR count). The van der Waals surface area contributed by atoms with E-state index in [1.807, 2.05) is 0 Å². The minimum atomic E-state index is 0. The van der Waals surface area contributed by atoms with E-state index in [0.29, 0.717) is 0 Å². The van der Waals surface area contributed by atoms with Crippen molar-refractivity contribution in [2.75, 3.05) is 0 Å². The third kappa shape index (κ3) is 38.5. The molecule has 0 amide bonds. The molecule has 0 saturated carbocycles. The maximum Gasteiger partial charge on any atom is 2.00 e. The van der Waals surface area contributed by atoms with Gasteiger partial charge in [-0.3, -0.25) is 0 Å². The summed E-state index contributed by atoms with van der Waals surface area (Å²) in [6, 6.07) is 0. The second-order valence-corrected chi connectivity index (χ2v) is 0. The Morgan fingerprint density at radius 2 is 0.600 bits per heavy atom. The van der Waals surface area contributed by atoms with Gasteiger partial charge in [-0.15, -0.1) is 0 Å². The fourth-order valence-electron chi connectivity index (χ4n) is 0. The predicted molar refractivity (Wildman–Crippen MR) is 0 cm³/mol. The molecule has 34 valence electrons. The monoisotopic (exact) mass is 156 g/mol. The van der Waals surface area contributed by atoms with Gasteiger partial charge in [-0.1, -0.05) is 0 Å². The number of rotatable bonds is 0. The van der Waals surface area contributed by atoms with E-state index < -0.39 is 0 Å². The minimum absolute atomic E-state index is 0. The Balaban J connectivity index is 0. The molecule has 0 N–H and O–H groups in total. The summed E-state index contributed by atoms with van der Waals surface area (Å²) >= 11 is 0. The molecule has 0 fully saturated rings. The molecule has 0 saturated heterocycles. The van der Waals surface area contributed by atoms with E-state index in [1.54, 1.807) is 0 Å². The molecule has 0 radical (unpaired) electrons. The van der Waals surface area contributed by atoms with E-state index in [-0.39, 0.29) is 55.9 Å². The summed E-state index contributed by atoms with van der Waals surface area (Å²) in [5.41, 5.74) is 0. The summed E-state index contributed by atoms with van der Waals surface area (Å²) in [6.07, 6.45) is 0. The predicted octanol–water partition coefficient (Wildman–Crippen LogP) is -12.0. The molecule has 0 aliphatic carbocycles. The smallest absolute Gasteiger partial charge is 1.00 e. The largest absolute Gasteiger partial charge is 2.00 e. The van der Waals surface area contributed by atoms with Crippen molar-refractivity contribution in [1.82, 2.24) is 0 Å². The van der Waals surface area contributed by atoms with Gasteiger partial charge in [-0.25, -0.2) is 0 Å². The van der Waals surface area contributed by atoms with Crippen molar-refractivity contribution in [3.05, 3.63) is 0 Å². The fourth-order valence-corrected chi connectivity index (χ4v) is 0. The second-order valence-electron chi connectivity index (χ2n) is 0. The summed E-state index contributed by atoms with van der Waals surface area (Å²) in [4.78, 5) is 0. The van der Waals surface area contributed by atoms with Gasteiger partial charge < -0.3 is 34.2 Å². The van der Waals surface area contributed by atoms with Gasteiger partial charge in [0.1, 0.15) is 0 Å². The Bertz CT molecular complexity index is 7.61. The Hall–Kier alpha value is 1.15. The van der Waals surface area contributed by atoms with Crippen LogP contribution in [0.2, 0.25) is 0 Å².